The Morgan fingerprint density at radius 3 is 2.47 bits per heavy atom. The molecule has 0 saturated carbocycles. The molecule has 1 amide bonds. The second-order valence-electron chi connectivity index (χ2n) is 5.92. The van der Waals surface area contributed by atoms with E-state index in [4.69, 9.17) is 5.73 Å². The van der Waals surface area contributed by atoms with Crippen LogP contribution in [0.15, 0.2) is 0 Å². The molecule has 1 rings (SSSR count). The van der Waals surface area contributed by atoms with Gasteiger partial charge in [-0.15, -0.1) is 0 Å². The molecule has 100 valence electrons. The lowest BCUT2D eigenvalue weighted by molar-refractivity contribution is -0.131. The topological polar surface area (TPSA) is 49.6 Å². The number of hydrogen-bond acceptors (Lipinski definition) is 3. The van der Waals surface area contributed by atoms with Crippen molar-refractivity contribution in [1.82, 2.24) is 9.80 Å². The fourth-order valence-corrected chi connectivity index (χ4v) is 2.25. The molecular formula is C13H27N3O. The molecule has 2 N–H and O–H groups in total. The first-order valence-corrected chi connectivity index (χ1v) is 6.61. The Hall–Kier alpha value is -0.610. The van der Waals surface area contributed by atoms with Gasteiger partial charge < -0.3 is 15.5 Å². The van der Waals surface area contributed by atoms with Gasteiger partial charge in [0.15, 0.2) is 0 Å². The minimum absolute atomic E-state index is 0.0120. The zero-order valence-electron chi connectivity index (χ0n) is 11.5. The number of nitrogens with two attached hydrogens (primary N) is 1. The van der Waals surface area contributed by atoms with E-state index in [-0.39, 0.29) is 11.3 Å². The van der Waals surface area contributed by atoms with Gasteiger partial charge in [0.2, 0.25) is 5.91 Å². The summed E-state index contributed by atoms with van der Waals surface area (Å²) in [4.78, 5) is 16.1. The lowest BCUT2D eigenvalue weighted by Crippen LogP contribution is -2.40. The average Bonchev–Trinajstić information content (AvgIpc) is 2.78. The lowest BCUT2D eigenvalue weighted by Gasteiger charge is -2.29. The van der Waals surface area contributed by atoms with Gasteiger partial charge in [-0.25, -0.2) is 0 Å². The van der Waals surface area contributed by atoms with E-state index >= 15 is 0 Å². The third-order valence-corrected chi connectivity index (χ3v) is 3.48. The molecule has 0 aromatic carbocycles. The van der Waals surface area contributed by atoms with Crippen molar-refractivity contribution in [3.63, 3.8) is 0 Å². The third kappa shape index (κ3) is 5.04. The molecule has 1 aliphatic heterocycles. The van der Waals surface area contributed by atoms with E-state index in [0.717, 1.165) is 26.2 Å². The van der Waals surface area contributed by atoms with Gasteiger partial charge in [-0.05, 0) is 37.9 Å². The maximum atomic E-state index is 12.0. The van der Waals surface area contributed by atoms with E-state index in [1.807, 2.05) is 11.9 Å². The van der Waals surface area contributed by atoms with E-state index < -0.39 is 0 Å². The Bertz CT molecular complexity index is 247. The first-order valence-electron chi connectivity index (χ1n) is 6.61. The van der Waals surface area contributed by atoms with Crippen molar-refractivity contribution in [2.24, 2.45) is 11.1 Å². The smallest absolute Gasteiger partial charge is 0.223 e. The number of carbonyl (C=O) groups is 1. The summed E-state index contributed by atoms with van der Waals surface area (Å²) < 4.78 is 0. The summed E-state index contributed by atoms with van der Waals surface area (Å²) in [5.41, 5.74) is 5.69. The second-order valence-corrected chi connectivity index (χ2v) is 5.92. The molecule has 1 fully saturated rings. The maximum absolute atomic E-state index is 12.0. The number of hydrogen-bond donors (Lipinski definition) is 1. The van der Waals surface area contributed by atoms with Crippen LogP contribution in [-0.4, -0.2) is 55.5 Å². The molecule has 0 spiro atoms. The highest BCUT2D eigenvalue weighted by atomic mass is 16.2. The largest absolute Gasteiger partial charge is 0.345 e. The number of likely N-dealkylation sites (tertiary alicyclic amines) is 1. The van der Waals surface area contributed by atoms with Crippen LogP contribution < -0.4 is 5.73 Å². The van der Waals surface area contributed by atoms with E-state index in [1.54, 1.807) is 0 Å². The van der Waals surface area contributed by atoms with Crippen LogP contribution in [0.2, 0.25) is 0 Å². The van der Waals surface area contributed by atoms with Crippen LogP contribution in [0.4, 0.5) is 0 Å². The highest BCUT2D eigenvalue weighted by Gasteiger charge is 2.21. The normalized spacial score (nSPS) is 17.4. The van der Waals surface area contributed by atoms with Crippen LogP contribution in [0, 0.1) is 5.41 Å². The van der Waals surface area contributed by atoms with Gasteiger partial charge in [0.1, 0.15) is 0 Å². The molecule has 1 aliphatic rings. The van der Waals surface area contributed by atoms with Crippen LogP contribution in [0.5, 0.6) is 0 Å². The van der Waals surface area contributed by atoms with Crippen LogP contribution in [0.25, 0.3) is 0 Å². The van der Waals surface area contributed by atoms with Crippen LogP contribution in [-0.2, 0) is 4.79 Å². The van der Waals surface area contributed by atoms with E-state index in [9.17, 15) is 4.79 Å². The monoisotopic (exact) mass is 241 g/mol. The molecule has 17 heavy (non-hydrogen) atoms. The molecule has 0 aromatic heterocycles. The predicted octanol–water partition coefficient (Wildman–Crippen LogP) is 0.916. The van der Waals surface area contributed by atoms with Crippen molar-refractivity contribution >= 4 is 5.91 Å². The Morgan fingerprint density at radius 2 is 1.94 bits per heavy atom. The summed E-state index contributed by atoms with van der Waals surface area (Å²) >= 11 is 0. The van der Waals surface area contributed by atoms with Crippen molar-refractivity contribution in [1.29, 1.82) is 0 Å². The molecule has 1 saturated heterocycles. The molecule has 4 heteroatoms. The zero-order chi connectivity index (χ0) is 12.9. The summed E-state index contributed by atoms with van der Waals surface area (Å²) in [6.07, 6.45) is 3.20. The zero-order valence-corrected chi connectivity index (χ0v) is 11.5. The minimum Gasteiger partial charge on any atom is -0.345 e. The van der Waals surface area contributed by atoms with Crippen LogP contribution >= 0.6 is 0 Å². The summed E-state index contributed by atoms with van der Waals surface area (Å²) in [6, 6.07) is 0. The summed E-state index contributed by atoms with van der Waals surface area (Å²) in [5, 5.41) is 0. The fraction of sp³-hybridized carbons (Fsp3) is 0.923. The van der Waals surface area contributed by atoms with Crippen molar-refractivity contribution in [2.45, 2.75) is 33.1 Å². The summed E-state index contributed by atoms with van der Waals surface area (Å²) in [7, 11) is 1.88. The first kappa shape index (κ1) is 14.5. The first-order chi connectivity index (χ1) is 7.94. The minimum atomic E-state index is 0.0120. The second kappa shape index (κ2) is 6.36. The van der Waals surface area contributed by atoms with Crippen LogP contribution in [0.3, 0.4) is 0 Å². The Balaban J connectivity index is 2.26. The average molecular weight is 241 g/mol. The van der Waals surface area contributed by atoms with Gasteiger partial charge in [-0.2, -0.15) is 0 Å². The molecule has 0 unspecified atom stereocenters. The maximum Gasteiger partial charge on any atom is 0.223 e. The van der Waals surface area contributed by atoms with Gasteiger partial charge in [-0.1, -0.05) is 13.8 Å². The van der Waals surface area contributed by atoms with Crippen molar-refractivity contribution in [2.75, 3.05) is 39.8 Å². The molecule has 0 aromatic rings. The van der Waals surface area contributed by atoms with E-state index in [2.05, 4.69) is 18.7 Å². The SMILES string of the molecule is CN(CC(C)(C)CN)C(=O)CCN1CCCC1. The van der Waals surface area contributed by atoms with Crippen molar-refractivity contribution in [3.05, 3.63) is 0 Å². The van der Waals surface area contributed by atoms with Gasteiger partial charge in [0.05, 0.1) is 0 Å². The predicted molar refractivity (Wildman–Crippen MR) is 70.8 cm³/mol. The fourth-order valence-electron chi connectivity index (χ4n) is 2.25. The van der Waals surface area contributed by atoms with Crippen molar-refractivity contribution in [3.8, 4) is 0 Å². The van der Waals surface area contributed by atoms with Crippen molar-refractivity contribution < 1.29 is 4.79 Å². The summed E-state index contributed by atoms with van der Waals surface area (Å²) in [5.74, 6) is 0.235. The number of rotatable bonds is 6. The molecule has 0 atom stereocenters. The standard InChI is InChI=1S/C13H27N3O/c1-13(2,10-14)11-15(3)12(17)6-9-16-7-4-5-8-16/h4-11,14H2,1-3H3. The van der Waals surface area contributed by atoms with Crippen LogP contribution in [0.1, 0.15) is 33.1 Å². The number of nitrogens with zero attached hydrogens (tertiary/aromatic N) is 2. The third-order valence-electron chi connectivity index (χ3n) is 3.48. The van der Waals surface area contributed by atoms with E-state index in [1.165, 1.54) is 12.8 Å². The highest BCUT2D eigenvalue weighted by Crippen LogP contribution is 2.15. The Kier molecular flexibility index (Phi) is 5.40. The molecule has 1 heterocycles. The molecule has 0 aliphatic carbocycles. The number of amides is 1. The van der Waals surface area contributed by atoms with Gasteiger partial charge in [0.25, 0.3) is 0 Å². The lowest BCUT2D eigenvalue weighted by atomic mass is 9.93. The number of carbonyl (C=O) groups excluding carboxylic acids is 1. The van der Waals surface area contributed by atoms with E-state index in [0.29, 0.717) is 13.0 Å². The molecule has 4 nitrogen and oxygen atoms in total. The van der Waals surface area contributed by atoms with Gasteiger partial charge in [0, 0.05) is 26.6 Å². The Morgan fingerprint density at radius 1 is 1.35 bits per heavy atom. The van der Waals surface area contributed by atoms with Gasteiger partial charge >= 0.3 is 0 Å². The molecule has 0 radical (unpaired) electrons. The summed E-state index contributed by atoms with van der Waals surface area (Å²) in [6.45, 7) is 8.76. The highest BCUT2D eigenvalue weighted by molar-refractivity contribution is 5.76. The molecule has 0 bridgehead atoms. The van der Waals surface area contributed by atoms with Gasteiger partial charge in [-0.3, -0.25) is 4.79 Å². The Labute approximate surface area is 105 Å². The quantitative estimate of drug-likeness (QED) is 0.752. The molecular weight excluding hydrogens is 214 g/mol.